The molecule has 1 heterocycles. The normalized spacial score (nSPS) is 10.4. The molecule has 0 atom stereocenters. The van der Waals surface area contributed by atoms with E-state index in [-0.39, 0.29) is 0 Å². The summed E-state index contributed by atoms with van der Waals surface area (Å²) in [6.07, 6.45) is 4.08. The lowest BCUT2D eigenvalue weighted by molar-refractivity contribution is -0.688. The summed E-state index contributed by atoms with van der Waals surface area (Å²) in [5.41, 5.74) is 2.32. The van der Waals surface area contributed by atoms with E-state index in [4.69, 9.17) is 23.2 Å². The number of aryl methyl sites for hydroxylation is 1. The van der Waals surface area contributed by atoms with Crippen LogP contribution < -0.4 is 4.57 Å². The van der Waals surface area contributed by atoms with Crippen LogP contribution in [0.5, 0.6) is 0 Å². The molecule has 0 saturated carbocycles. The third kappa shape index (κ3) is 2.75. The van der Waals surface area contributed by atoms with Crippen molar-refractivity contribution in [2.24, 2.45) is 0 Å². The van der Waals surface area contributed by atoms with E-state index < -0.39 is 0 Å². The highest BCUT2D eigenvalue weighted by atomic mass is 35.5. The Balaban J connectivity index is 2.23. The Kier molecular flexibility index (Phi) is 3.47. The second-order valence-corrected chi connectivity index (χ2v) is 4.63. The van der Waals surface area contributed by atoms with Crippen LogP contribution in [0.2, 0.25) is 10.0 Å². The molecule has 0 aliphatic heterocycles. The van der Waals surface area contributed by atoms with E-state index >= 15 is 0 Å². The maximum atomic E-state index is 6.11. The Morgan fingerprint density at radius 1 is 1.06 bits per heavy atom. The van der Waals surface area contributed by atoms with Crippen molar-refractivity contribution < 1.29 is 4.57 Å². The Hall–Kier alpha value is -1.05. The summed E-state index contributed by atoms with van der Waals surface area (Å²) >= 11 is 12.0. The lowest BCUT2D eigenvalue weighted by Crippen LogP contribution is -2.33. The lowest BCUT2D eigenvalue weighted by atomic mass is 10.2. The van der Waals surface area contributed by atoms with Gasteiger partial charge in [0.1, 0.15) is 0 Å². The van der Waals surface area contributed by atoms with Gasteiger partial charge in [-0.05, 0) is 30.7 Å². The molecule has 1 aromatic carbocycles. The van der Waals surface area contributed by atoms with Gasteiger partial charge in [0.2, 0.25) is 0 Å². The summed E-state index contributed by atoms with van der Waals surface area (Å²) in [4.78, 5) is 0. The van der Waals surface area contributed by atoms with Crippen LogP contribution in [0, 0.1) is 6.92 Å². The molecule has 1 nitrogen and oxygen atoms in total. The first-order valence-electron chi connectivity index (χ1n) is 5.05. The fourth-order valence-corrected chi connectivity index (χ4v) is 1.95. The van der Waals surface area contributed by atoms with Crippen LogP contribution in [-0.4, -0.2) is 0 Å². The molecule has 0 amide bonds. The quantitative estimate of drug-likeness (QED) is 0.719. The Labute approximate surface area is 105 Å². The van der Waals surface area contributed by atoms with Gasteiger partial charge in [-0.25, -0.2) is 4.57 Å². The molecule has 0 aliphatic rings. The predicted molar refractivity (Wildman–Crippen MR) is 66.9 cm³/mol. The number of pyridine rings is 1. The number of benzene rings is 1. The number of nitrogens with zero attached hydrogens (tertiary/aromatic N) is 1. The maximum Gasteiger partial charge on any atom is 0.175 e. The van der Waals surface area contributed by atoms with Crippen LogP contribution in [0.4, 0.5) is 0 Å². The van der Waals surface area contributed by atoms with Gasteiger partial charge in [-0.15, -0.1) is 0 Å². The first-order valence-corrected chi connectivity index (χ1v) is 5.80. The standard InChI is InChI=1S/C13H12Cl2N/c1-10-4-6-16(7-5-10)9-11-2-3-12(14)8-13(11)15/h2-8H,9H2,1H3/q+1. The molecule has 0 bridgehead atoms. The van der Waals surface area contributed by atoms with Crippen molar-refractivity contribution in [1.82, 2.24) is 0 Å². The molecule has 0 unspecified atom stereocenters. The average molecular weight is 253 g/mol. The van der Waals surface area contributed by atoms with Crippen LogP contribution in [0.15, 0.2) is 42.7 Å². The molecule has 0 saturated heterocycles. The lowest BCUT2D eigenvalue weighted by Gasteiger charge is -2.01. The van der Waals surface area contributed by atoms with E-state index in [1.165, 1.54) is 5.56 Å². The summed E-state index contributed by atoms with van der Waals surface area (Å²) < 4.78 is 2.09. The third-order valence-corrected chi connectivity index (χ3v) is 3.01. The smallest absolute Gasteiger partial charge is 0.175 e. The van der Waals surface area contributed by atoms with Gasteiger partial charge in [-0.2, -0.15) is 0 Å². The van der Waals surface area contributed by atoms with E-state index in [0.717, 1.165) is 12.1 Å². The number of halogens is 2. The van der Waals surface area contributed by atoms with Crippen molar-refractivity contribution in [2.75, 3.05) is 0 Å². The molecule has 16 heavy (non-hydrogen) atoms. The molecule has 0 fully saturated rings. The monoisotopic (exact) mass is 252 g/mol. The summed E-state index contributed by atoms with van der Waals surface area (Å²) in [6.45, 7) is 2.83. The van der Waals surface area contributed by atoms with Crippen LogP contribution in [0.1, 0.15) is 11.1 Å². The van der Waals surface area contributed by atoms with Crippen molar-refractivity contribution in [3.63, 3.8) is 0 Å². The van der Waals surface area contributed by atoms with Crippen molar-refractivity contribution in [1.29, 1.82) is 0 Å². The highest BCUT2D eigenvalue weighted by Gasteiger charge is 2.06. The highest BCUT2D eigenvalue weighted by Crippen LogP contribution is 2.20. The minimum Gasteiger partial charge on any atom is -0.201 e. The Morgan fingerprint density at radius 3 is 2.38 bits per heavy atom. The van der Waals surface area contributed by atoms with Gasteiger partial charge < -0.3 is 0 Å². The minimum atomic E-state index is 0.669. The fourth-order valence-electron chi connectivity index (χ4n) is 1.48. The average Bonchev–Trinajstić information content (AvgIpc) is 2.25. The Morgan fingerprint density at radius 2 is 1.75 bits per heavy atom. The molecule has 2 rings (SSSR count). The molecule has 0 N–H and O–H groups in total. The van der Waals surface area contributed by atoms with E-state index in [0.29, 0.717) is 10.0 Å². The first kappa shape index (κ1) is 11.4. The number of aromatic nitrogens is 1. The van der Waals surface area contributed by atoms with E-state index in [1.807, 2.05) is 24.5 Å². The zero-order valence-corrected chi connectivity index (χ0v) is 10.5. The summed E-state index contributed by atoms with van der Waals surface area (Å²) in [5.74, 6) is 0. The highest BCUT2D eigenvalue weighted by molar-refractivity contribution is 6.35. The van der Waals surface area contributed by atoms with Crippen LogP contribution >= 0.6 is 23.2 Å². The summed E-state index contributed by atoms with van der Waals surface area (Å²) in [6, 6.07) is 9.73. The van der Waals surface area contributed by atoms with Gasteiger partial charge in [-0.3, -0.25) is 0 Å². The SMILES string of the molecule is Cc1cc[n+](Cc2ccc(Cl)cc2Cl)cc1. The fraction of sp³-hybridized carbons (Fsp3) is 0.154. The van der Waals surface area contributed by atoms with Crippen LogP contribution in [0.3, 0.4) is 0 Å². The van der Waals surface area contributed by atoms with Crippen molar-refractivity contribution in [2.45, 2.75) is 13.5 Å². The van der Waals surface area contributed by atoms with E-state index in [9.17, 15) is 0 Å². The van der Waals surface area contributed by atoms with Crippen LogP contribution in [0.25, 0.3) is 0 Å². The molecule has 3 heteroatoms. The predicted octanol–water partition coefficient (Wildman–Crippen LogP) is 3.64. The number of rotatable bonds is 2. The van der Waals surface area contributed by atoms with Gasteiger partial charge in [0.05, 0.1) is 5.02 Å². The van der Waals surface area contributed by atoms with E-state index in [1.54, 1.807) is 6.07 Å². The summed E-state index contributed by atoms with van der Waals surface area (Å²) in [7, 11) is 0. The molecule has 0 radical (unpaired) electrons. The van der Waals surface area contributed by atoms with Gasteiger partial charge in [0.25, 0.3) is 0 Å². The van der Waals surface area contributed by atoms with E-state index in [2.05, 4.69) is 23.6 Å². The van der Waals surface area contributed by atoms with Gasteiger partial charge in [-0.1, -0.05) is 23.2 Å². The molecular formula is C13H12Cl2N+. The Bertz CT molecular complexity index is 492. The topological polar surface area (TPSA) is 3.88 Å². The zero-order valence-electron chi connectivity index (χ0n) is 8.95. The van der Waals surface area contributed by atoms with Gasteiger partial charge in [0, 0.05) is 22.7 Å². The zero-order chi connectivity index (χ0) is 11.5. The molecule has 1 aromatic heterocycles. The second-order valence-electron chi connectivity index (χ2n) is 3.78. The minimum absolute atomic E-state index is 0.669. The third-order valence-electron chi connectivity index (χ3n) is 2.43. The molecule has 2 aromatic rings. The van der Waals surface area contributed by atoms with Crippen molar-refractivity contribution in [3.05, 3.63) is 63.9 Å². The molecule has 82 valence electrons. The molecule has 0 spiro atoms. The largest absolute Gasteiger partial charge is 0.201 e. The molecular weight excluding hydrogens is 241 g/mol. The summed E-state index contributed by atoms with van der Waals surface area (Å²) in [5, 5.41) is 1.38. The van der Waals surface area contributed by atoms with Crippen molar-refractivity contribution in [3.8, 4) is 0 Å². The second kappa shape index (κ2) is 4.86. The van der Waals surface area contributed by atoms with Gasteiger partial charge in [0.15, 0.2) is 18.9 Å². The number of hydrogen-bond acceptors (Lipinski definition) is 0. The maximum absolute atomic E-state index is 6.11. The first-order chi connectivity index (χ1) is 7.65. The van der Waals surface area contributed by atoms with Crippen LogP contribution in [-0.2, 0) is 6.54 Å². The number of hydrogen-bond donors (Lipinski definition) is 0. The molecule has 0 aliphatic carbocycles. The van der Waals surface area contributed by atoms with Gasteiger partial charge >= 0.3 is 0 Å². The van der Waals surface area contributed by atoms with Crippen molar-refractivity contribution >= 4 is 23.2 Å².